The van der Waals surface area contributed by atoms with E-state index in [9.17, 15) is 0 Å². The van der Waals surface area contributed by atoms with Gasteiger partial charge in [-0.05, 0) is 51.4 Å². The van der Waals surface area contributed by atoms with Crippen molar-refractivity contribution in [2.75, 3.05) is 52.4 Å². The normalized spacial score (nSPS) is 8.95. The number of nitrogens with zero attached hydrogens (tertiary/aromatic N) is 4. The summed E-state index contributed by atoms with van der Waals surface area (Å²) >= 11 is 39.1. The number of hydrogen-bond acceptors (Lipinski definition) is 8. The van der Waals surface area contributed by atoms with Crippen molar-refractivity contribution >= 4 is 117 Å². The second kappa shape index (κ2) is 42.5. The smallest absolute Gasteiger partial charge is 0.411 e. The molecule has 0 N–H and O–H groups in total. The summed E-state index contributed by atoms with van der Waals surface area (Å²) < 4.78 is 2.46. The second-order valence-electron chi connectivity index (χ2n) is 9.01. The fourth-order valence-electron chi connectivity index (χ4n) is 3.34. The van der Waals surface area contributed by atoms with Crippen LogP contribution in [0.15, 0.2) is 0 Å². The summed E-state index contributed by atoms with van der Waals surface area (Å²) in [6.07, 6.45) is 8.97. The molecule has 258 valence electrons. The zero-order chi connectivity index (χ0) is 31.9. The van der Waals surface area contributed by atoms with Crippen LogP contribution in [-0.2, 0) is 84.7 Å². The Balaban J connectivity index is -0.000000101. The van der Waals surface area contributed by atoms with Gasteiger partial charge in [0, 0.05) is 52.4 Å². The molecule has 2 radical (unpaired) electrons. The van der Waals surface area contributed by atoms with Crippen molar-refractivity contribution in [3.8, 4) is 0 Å². The molecule has 0 spiro atoms. The Morgan fingerprint density at radius 1 is 0.333 bits per heavy atom. The van der Waals surface area contributed by atoms with Gasteiger partial charge in [-0.2, -0.15) is 0 Å². The first kappa shape index (κ1) is 55.9. The SMILES string of the molecule is CCCN(CCC)C(=S)[S-].CCCN(CCC)C(=S)[S-].CCCN(CCC)C(=S)[S-].CCCN(CCC)C(=S)[S-].[Cu+2].[Cu+2]. The third-order valence-electron chi connectivity index (χ3n) is 4.98. The minimum absolute atomic E-state index is 0. The van der Waals surface area contributed by atoms with Crippen LogP contribution in [0, 0.1) is 0 Å². The monoisotopic (exact) mass is 830 g/mol. The summed E-state index contributed by atoms with van der Waals surface area (Å²) in [5.74, 6) is 0. The molecule has 42 heavy (non-hydrogen) atoms. The van der Waals surface area contributed by atoms with E-state index < -0.39 is 0 Å². The molecular weight excluding hydrogens is 776 g/mol. The quantitative estimate of drug-likeness (QED) is 0.0859. The van der Waals surface area contributed by atoms with Crippen molar-refractivity contribution < 1.29 is 34.1 Å². The largest absolute Gasteiger partial charge is 2.00 e. The molecule has 0 aromatic rings. The Bertz CT molecular complexity index is 507. The molecule has 0 unspecified atom stereocenters. The Kier molecular flexibility index (Phi) is 56.5. The fourth-order valence-corrected chi connectivity index (χ4v) is 4.80. The average molecular weight is 832 g/mol. The van der Waals surface area contributed by atoms with Gasteiger partial charge in [0.2, 0.25) is 0 Å². The predicted octanol–water partition coefficient (Wildman–Crippen LogP) is 7.76. The van der Waals surface area contributed by atoms with E-state index in [1.807, 2.05) is 0 Å². The first-order chi connectivity index (χ1) is 18.9. The van der Waals surface area contributed by atoms with E-state index >= 15 is 0 Å². The molecule has 0 aromatic heterocycles. The van der Waals surface area contributed by atoms with E-state index in [2.05, 4.69) is 75.0 Å². The van der Waals surface area contributed by atoms with Gasteiger partial charge in [-0.15, -0.1) is 0 Å². The number of thiocarbonyl (C=S) groups is 4. The molecule has 0 aliphatic rings. The molecule has 14 heteroatoms. The van der Waals surface area contributed by atoms with E-state index in [0.29, 0.717) is 17.3 Å². The standard InChI is InChI=1S/4C7H15NS2.2Cu/c4*1-3-5-8(6-4-2)7(9)10;;/h4*3-6H2,1-2H3,(H,9,10);;/q;;;;2*+2/p-4. The summed E-state index contributed by atoms with van der Waals surface area (Å²) in [4.78, 5) is 8.30. The average Bonchev–Trinajstić information content (AvgIpc) is 2.89. The zero-order valence-electron chi connectivity index (χ0n) is 27.0. The van der Waals surface area contributed by atoms with Crippen LogP contribution < -0.4 is 0 Å². The Labute approximate surface area is 326 Å². The number of hydrogen-bond donors (Lipinski definition) is 0. The van der Waals surface area contributed by atoms with E-state index in [4.69, 9.17) is 99.4 Å². The van der Waals surface area contributed by atoms with Crippen LogP contribution in [0.25, 0.3) is 0 Å². The van der Waals surface area contributed by atoms with E-state index in [-0.39, 0.29) is 34.1 Å². The molecule has 0 aliphatic carbocycles. The topological polar surface area (TPSA) is 13.0 Å². The zero-order valence-corrected chi connectivity index (χ0v) is 35.4. The van der Waals surface area contributed by atoms with E-state index in [1.54, 1.807) is 0 Å². The Morgan fingerprint density at radius 2 is 0.429 bits per heavy atom. The van der Waals surface area contributed by atoms with E-state index in [0.717, 1.165) is 104 Å². The molecule has 0 saturated heterocycles. The van der Waals surface area contributed by atoms with Crippen LogP contribution in [-0.4, -0.2) is 89.2 Å². The summed E-state index contributed by atoms with van der Waals surface area (Å²) in [7, 11) is 0. The van der Waals surface area contributed by atoms with Gasteiger partial charge in [-0.3, -0.25) is 0 Å². The van der Waals surface area contributed by atoms with Gasteiger partial charge in [-0.1, -0.05) is 72.7 Å². The van der Waals surface area contributed by atoms with Crippen molar-refractivity contribution in [1.29, 1.82) is 0 Å². The van der Waals surface area contributed by atoms with Crippen LogP contribution in [0.5, 0.6) is 0 Å². The molecule has 0 aliphatic heterocycles. The molecule has 0 aromatic carbocycles. The van der Waals surface area contributed by atoms with Crippen molar-refractivity contribution in [2.45, 2.75) is 107 Å². The molecule has 0 atom stereocenters. The minimum Gasteiger partial charge on any atom is -0.411 e. The Hall–Kier alpha value is 1.48. The van der Waals surface area contributed by atoms with Crippen molar-refractivity contribution in [1.82, 2.24) is 19.6 Å². The van der Waals surface area contributed by atoms with Gasteiger partial charge < -0.3 is 119 Å². The molecule has 0 amide bonds. The predicted molar refractivity (Wildman–Crippen MR) is 208 cm³/mol. The fraction of sp³-hybridized carbons (Fsp3) is 0.857. The summed E-state index contributed by atoms with van der Waals surface area (Å²) in [5.41, 5.74) is 0. The van der Waals surface area contributed by atoms with Crippen LogP contribution in [0.3, 0.4) is 0 Å². The maximum absolute atomic E-state index is 4.89. The molecule has 4 nitrogen and oxygen atoms in total. The molecule has 0 fully saturated rings. The number of rotatable bonds is 16. The minimum atomic E-state index is 0. The van der Waals surface area contributed by atoms with Gasteiger partial charge in [0.05, 0.1) is 0 Å². The molecule has 0 heterocycles. The molecular formula is C28H56Cu2N4S8. The van der Waals surface area contributed by atoms with Gasteiger partial charge in [0.25, 0.3) is 0 Å². The molecule has 0 saturated carbocycles. The van der Waals surface area contributed by atoms with Crippen LogP contribution in [0.1, 0.15) is 107 Å². The molecule has 0 rings (SSSR count). The maximum Gasteiger partial charge on any atom is 2.00 e. The summed E-state index contributed by atoms with van der Waals surface area (Å²) in [6, 6.07) is 0. The first-order valence-electron chi connectivity index (χ1n) is 14.7. The van der Waals surface area contributed by atoms with Crippen molar-refractivity contribution in [3.63, 3.8) is 0 Å². The van der Waals surface area contributed by atoms with Gasteiger partial charge in [0.15, 0.2) is 0 Å². The van der Waals surface area contributed by atoms with Crippen molar-refractivity contribution in [2.24, 2.45) is 0 Å². The van der Waals surface area contributed by atoms with Gasteiger partial charge in [0.1, 0.15) is 0 Å². The first-order valence-corrected chi connectivity index (χ1v) is 18.0. The maximum atomic E-state index is 4.89. The van der Waals surface area contributed by atoms with Crippen molar-refractivity contribution in [3.05, 3.63) is 0 Å². The third-order valence-corrected chi connectivity index (χ3v) is 7.05. The van der Waals surface area contributed by atoms with Crippen LogP contribution in [0.4, 0.5) is 0 Å². The van der Waals surface area contributed by atoms with Crippen LogP contribution >= 0.6 is 48.9 Å². The summed E-state index contributed by atoms with van der Waals surface area (Å²) in [5, 5.41) is 0. The van der Waals surface area contributed by atoms with Gasteiger partial charge in [-0.25, -0.2) is 0 Å². The Morgan fingerprint density at radius 3 is 0.476 bits per heavy atom. The summed E-state index contributed by atoms with van der Waals surface area (Å²) in [6.45, 7) is 25.2. The molecule has 0 bridgehead atoms. The van der Waals surface area contributed by atoms with E-state index in [1.165, 1.54) is 0 Å². The van der Waals surface area contributed by atoms with Gasteiger partial charge >= 0.3 is 34.1 Å². The second-order valence-corrected chi connectivity index (χ2v) is 13.1. The third kappa shape index (κ3) is 39.5. The van der Waals surface area contributed by atoms with Crippen LogP contribution in [0.2, 0.25) is 0 Å².